The second kappa shape index (κ2) is 4.23. The minimum Gasteiger partial charge on any atom is -0.352 e. The molecule has 2 aliphatic carbocycles. The first-order valence-electron chi connectivity index (χ1n) is 6.46. The minimum atomic E-state index is -0.240. The molecule has 18 heavy (non-hydrogen) atoms. The first kappa shape index (κ1) is 11.4. The molecule has 0 radical (unpaired) electrons. The Morgan fingerprint density at radius 1 is 1.17 bits per heavy atom. The lowest BCUT2D eigenvalue weighted by Gasteiger charge is -2.14. The Bertz CT molecular complexity index is 414. The van der Waals surface area contributed by atoms with E-state index < -0.39 is 0 Å². The molecule has 1 N–H and O–H groups in total. The van der Waals surface area contributed by atoms with E-state index >= 15 is 0 Å². The fraction of sp³-hybridized carbons (Fsp3) is 0.615. The molecular formula is C13H16N2O3. The summed E-state index contributed by atoms with van der Waals surface area (Å²) in [5, 5.41) is 2.80. The van der Waals surface area contributed by atoms with E-state index in [1.165, 1.54) is 0 Å². The number of fused-ring (bicyclic) bond motifs is 1. The minimum absolute atomic E-state index is 0.110. The van der Waals surface area contributed by atoms with E-state index in [1.807, 2.05) is 12.2 Å². The third-order valence-electron chi connectivity index (χ3n) is 3.84. The van der Waals surface area contributed by atoms with Crippen LogP contribution < -0.4 is 5.32 Å². The molecule has 5 nitrogen and oxygen atoms in total. The van der Waals surface area contributed by atoms with Crippen LogP contribution in [0.5, 0.6) is 0 Å². The molecule has 3 rings (SSSR count). The van der Waals surface area contributed by atoms with Crippen LogP contribution in [-0.4, -0.2) is 35.2 Å². The number of allylic oxidation sites excluding steroid dienone is 2. The molecule has 2 fully saturated rings. The number of imide groups is 1. The maximum Gasteiger partial charge on any atom is 0.240 e. The first-order valence-corrected chi connectivity index (χ1v) is 6.46. The van der Waals surface area contributed by atoms with Crippen molar-refractivity contribution in [2.24, 2.45) is 11.8 Å². The third-order valence-corrected chi connectivity index (χ3v) is 3.84. The van der Waals surface area contributed by atoms with Crippen molar-refractivity contribution >= 4 is 17.7 Å². The van der Waals surface area contributed by atoms with Crippen LogP contribution in [0.15, 0.2) is 12.2 Å². The second-order valence-corrected chi connectivity index (χ2v) is 5.26. The Hall–Kier alpha value is -1.65. The summed E-state index contributed by atoms with van der Waals surface area (Å²) in [5.41, 5.74) is 0. The Morgan fingerprint density at radius 2 is 1.72 bits per heavy atom. The lowest BCUT2D eigenvalue weighted by Crippen LogP contribution is -2.41. The summed E-state index contributed by atoms with van der Waals surface area (Å²) in [5.74, 6) is -1.06. The number of nitrogens with one attached hydrogen (secondary N) is 1. The van der Waals surface area contributed by atoms with Crippen LogP contribution in [0.3, 0.4) is 0 Å². The molecule has 3 amide bonds. The summed E-state index contributed by atoms with van der Waals surface area (Å²) >= 11 is 0. The average molecular weight is 248 g/mol. The van der Waals surface area contributed by atoms with Gasteiger partial charge in [-0.3, -0.25) is 19.3 Å². The molecule has 96 valence electrons. The summed E-state index contributed by atoms with van der Waals surface area (Å²) in [6, 6.07) is 0.259. The van der Waals surface area contributed by atoms with Crippen molar-refractivity contribution in [1.82, 2.24) is 10.2 Å². The quantitative estimate of drug-likeness (QED) is 0.574. The van der Waals surface area contributed by atoms with Crippen LogP contribution in [0, 0.1) is 11.8 Å². The highest BCUT2D eigenvalue weighted by Gasteiger charge is 2.47. The molecule has 1 heterocycles. The van der Waals surface area contributed by atoms with Gasteiger partial charge in [0.05, 0.1) is 11.8 Å². The Kier molecular flexibility index (Phi) is 2.69. The molecule has 5 heteroatoms. The molecule has 0 bridgehead atoms. The number of amides is 3. The molecule has 1 aliphatic heterocycles. The van der Waals surface area contributed by atoms with Crippen LogP contribution in [-0.2, 0) is 14.4 Å². The zero-order valence-corrected chi connectivity index (χ0v) is 10.1. The largest absolute Gasteiger partial charge is 0.352 e. The van der Waals surface area contributed by atoms with Gasteiger partial charge in [-0.15, -0.1) is 0 Å². The van der Waals surface area contributed by atoms with E-state index in [-0.39, 0.29) is 42.1 Å². The zero-order valence-electron chi connectivity index (χ0n) is 10.1. The lowest BCUT2D eigenvalue weighted by atomic mass is 9.85. The third kappa shape index (κ3) is 1.94. The number of nitrogens with zero attached hydrogens (tertiary/aromatic N) is 1. The number of hydrogen-bond donors (Lipinski definition) is 1. The summed E-state index contributed by atoms with van der Waals surface area (Å²) < 4.78 is 0. The fourth-order valence-electron chi connectivity index (χ4n) is 2.67. The van der Waals surface area contributed by atoms with Crippen LogP contribution in [0.4, 0.5) is 0 Å². The predicted molar refractivity (Wildman–Crippen MR) is 63.2 cm³/mol. The van der Waals surface area contributed by atoms with E-state index in [9.17, 15) is 14.4 Å². The highest BCUT2D eigenvalue weighted by Crippen LogP contribution is 2.34. The van der Waals surface area contributed by atoms with Crippen molar-refractivity contribution in [2.45, 2.75) is 31.7 Å². The van der Waals surface area contributed by atoms with Gasteiger partial charge in [-0.2, -0.15) is 0 Å². The van der Waals surface area contributed by atoms with Crippen molar-refractivity contribution in [3.05, 3.63) is 12.2 Å². The van der Waals surface area contributed by atoms with Gasteiger partial charge in [-0.25, -0.2) is 0 Å². The lowest BCUT2D eigenvalue weighted by molar-refractivity contribution is -0.143. The second-order valence-electron chi connectivity index (χ2n) is 5.26. The normalized spacial score (nSPS) is 30.6. The molecule has 3 aliphatic rings. The molecular weight excluding hydrogens is 232 g/mol. The first-order chi connectivity index (χ1) is 8.66. The van der Waals surface area contributed by atoms with Crippen molar-refractivity contribution in [3.8, 4) is 0 Å². The van der Waals surface area contributed by atoms with Crippen molar-refractivity contribution in [1.29, 1.82) is 0 Å². The molecule has 0 spiro atoms. The topological polar surface area (TPSA) is 66.5 Å². The van der Waals surface area contributed by atoms with Gasteiger partial charge in [0.2, 0.25) is 17.7 Å². The van der Waals surface area contributed by atoms with Crippen LogP contribution in [0.1, 0.15) is 25.7 Å². The van der Waals surface area contributed by atoms with Gasteiger partial charge < -0.3 is 5.32 Å². The molecule has 0 aromatic rings. The Balaban J connectivity index is 1.67. The van der Waals surface area contributed by atoms with Gasteiger partial charge >= 0.3 is 0 Å². The predicted octanol–water partition coefficient (Wildman–Crippen LogP) is 0.216. The van der Waals surface area contributed by atoms with Gasteiger partial charge in [-0.05, 0) is 25.7 Å². The molecule has 1 saturated carbocycles. The van der Waals surface area contributed by atoms with Gasteiger partial charge in [0.1, 0.15) is 6.54 Å². The SMILES string of the molecule is O=C(CN1C(=O)C2CC=CCC2C1=O)NC1CC1. The van der Waals surface area contributed by atoms with Gasteiger partial charge in [0.25, 0.3) is 0 Å². The monoisotopic (exact) mass is 248 g/mol. The number of rotatable bonds is 3. The van der Waals surface area contributed by atoms with Crippen LogP contribution in [0.2, 0.25) is 0 Å². The van der Waals surface area contributed by atoms with E-state index in [2.05, 4.69) is 5.32 Å². The van der Waals surface area contributed by atoms with E-state index in [4.69, 9.17) is 0 Å². The molecule has 0 aromatic heterocycles. The van der Waals surface area contributed by atoms with Gasteiger partial charge in [-0.1, -0.05) is 12.2 Å². The van der Waals surface area contributed by atoms with Crippen molar-refractivity contribution in [2.75, 3.05) is 6.54 Å². The smallest absolute Gasteiger partial charge is 0.240 e. The number of likely N-dealkylation sites (tertiary alicyclic amines) is 1. The summed E-state index contributed by atoms with van der Waals surface area (Å²) in [4.78, 5) is 37.0. The number of carbonyl (C=O) groups excluding carboxylic acids is 3. The summed E-state index contributed by atoms with van der Waals surface area (Å²) in [6.45, 7) is -0.110. The standard InChI is InChI=1S/C13H16N2O3/c16-11(14-8-5-6-8)7-15-12(17)9-3-1-2-4-10(9)13(15)18/h1-2,8-10H,3-7H2,(H,14,16). The summed E-state index contributed by atoms with van der Waals surface area (Å²) in [7, 11) is 0. The van der Waals surface area contributed by atoms with Gasteiger partial charge in [0.15, 0.2) is 0 Å². The molecule has 2 atom stereocenters. The molecule has 0 aromatic carbocycles. The van der Waals surface area contributed by atoms with Crippen LogP contribution >= 0.6 is 0 Å². The number of carbonyl (C=O) groups is 3. The zero-order chi connectivity index (χ0) is 12.7. The van der Waals surface area contributed by atoms with Crippen LogP contribution in [0.25, 0.3) is 0 Å². The fourth-order valence-corrected chi connectivity index (χ4v) is 2.67. The number of hydrogen-bond acceptors (Lipinski definition) is 3. The Labute approximate surface area is 105 Å². The van der Waals surface area contributed by atoms with E-state index in [1.54, 1.807) is 0 Å². The van der Waals surface area contributed by atoms with Crippen molar-refractivity contribution < 1.29 is 14.4 Å². The van der Waals surface area contributed by atoms with E-state index in [0.29, 0.717) is 12.8 Å². The highest BCUT2D eigenvalue weighted by molar-refractivity contribution is 6.07. The van der Waals surface area contributed by atoms with E-state index in [0.717, 1.165) is 17.7 Å². The van der Waals surface area contributed by atoms with Crippen molar-refractivity contribution in [3.63, 3.8) is 0 Å². The average Bonchev–Trinajstić information content (AvgIpc) is 3.14. The highest BCUT2D eigenvalue weighted by atomic mass is 16.2. The molecule has 1 saturated heterocycles. The maximum absolute atomic E-state index is 12.1. The molecule has 2 unspecified atom stereocenters. The summed E-state index contributed by atoms with van der Waals surface area (Å²) in [6.07, 6.45) is 7.14. The van der Waals surface area contributed by atoms with Gasteiger partial charge in [0, 0.05) is 6.04 Å². The Morgan fingerprint density at radius 3 is 2.22 bits per heavy atom. The maximum atomic E-state index is 12.1.